The number of fused-ring (bicyclic) bond motifs is 1. The van der Waals surface area contributed by atoms with Crippen LogP contribution in [0.1, 0.15) is 58.3 Å². The maximum absolute atomic E-state index is 14.1. The van der Waals surface area contributed by atoms with Gasteiger partial charge in [0, 0.05) is 23.3 Å². The molecular formula is C30H41ClN4O4. The lowest BCUT2D eigenvalue weighted by molar-refractivity contribution is -0.141. The average Bonchev–Trinajstić information content (AvgIpc) is 3.57. The van der Waals surface area contributed by atoms with E-state index in [-0.39, 0.29) is 23.8 Å². The van der Waals surface area contributed by atoms with Crippen molar-refractivity contribution in [1.82, 2.24) is 15.1 Å². The maximum atomic E-state index is 14.1. The van der Waals surface area contributed by atoms with Crippen LogP contribution in [-0.2, 0) is 19.1 Å². The molecule has 5 atom stereocenters. The zero-order valence-corrected chi connectivity index (χ0v) is 23.8. The highest BCUT2D eigenvalue weighted by Gasteiger charge is 2.72. The number of carbonyl (C=O) groups is 3. The summed E-state index contributed by atoms with van der Waals surface area (Å²) in [6, 6.07) is 6.22. The summed E-state index contributed by atoms with van der Waals surface area (Å²) < 4.78 is 6.45. The highest BCUT2D eigenvalue weighted by atomic mass is 35.5. The van der Waals surface area contributed by atoms with Crippen LogP contribution in [0.15, 0.2) is 36.4 Å². The smallest absolute Gasteiger partial charge is 0.246 e. The molecule has 1 spiro atoms. The fraction of sp³-hybridized carbons (Fsp3) is 0.633. The van der Waals surface area contributed by atoms with Crippen LogP contribution in [-0.4, -0.2) is 78.0 Å². The van der Waals surface area contributed by atoms with Crippen LogP contribution in [0.2, 0.25) is 5.02 Å². The molecule has 39 heavy (non-hydrogen) atoms. The number of ether oxygens (including phenoxy) is 1. The number of unbranched alkanes of at least 4 members (excludes halogenated alkanes) is 1. The van der Waals surface area contributed by atoms with Gasteiger partial charge in [0.15, 0.2) is 0 Å². The van der Waals surface area contributed by atoms with Crippen molar-refractivity contribution in [2.45, 2.75) is 82.1 Å². The second-order valence-electron chi connectivity index (χ2n) is 11.6. The molecule has 2 N–H and O–H groups in total. The van der Waals surface area contributed by atoms with Crippen molar-refractivity contribution in [3.8, 4) is 0 Å². The Morgan fingerprint density at radius 1 is 1.10 bits per heavy atom. The zero-order chi connectivity index (χ0) is 27.6. The predicted octanol–water partition coefficient (Wildman–Crippen LogP) is 4.00. The minimum atomic E-state index is -1.13. The molecule has 1 aromatic rings. The molecule has 2 bridgehead atoms. The topological polar surface area (TPSA) is 91.0 Å². The van der Waals surface area contributed by atoms with Crippen molar-refractivity contribution in [2.24, 2.45) is 11.8 Å². The lowest BCUT2D eigenvalue weighted by Crippen LogP contribution is -2.56. The summed E-state index contributed by atoms with van der Waals surface area (Å²) in [6.45, 7) is 4.46. The third kappa shape index (κ3) is 5.61. The lowest BCUT2D eigenvalue weighted by Gasteiger charge is -2.34. The molecule has 3 amide bonds. The summed E-state index contributed by atoms with van der Waals surface area (Å²) >= 11 is 6.00. The van der Waals surface area contributed by atoms with Gasteiger partial charge in [0.05, 0.1) is 17.9 Å². The second-order valence-corrected chi connectivity index (χ2v) is 12.0. The average molecular weight is 557 g/mol. The molecule has 0 aromatic heterocycles. The third-order valence-electron chi connectivity index (χ3n) is 8.82. The Labute approximate surface area is 236 Å². The van der Waals surface area contributed by atoms with Gasteiger partial charge in [0.25, 0.3) is 0 Å². The van der Waals surface area contributed by atoms with Crippen molar-refractivity contribution < 1.29 is 19.1 Å². The van der Waals surface area contributed by atoms with Gasteiger partial charge in [0.2, 0.25) is 17.7 Å². The van der Waals surface area contributed by atoms with Gasteiger partial charge < -0.3 is 25.2 Å². The first-order chi connectivity index (χ1) is 18.8. The van der Waals surface area contributed by atoms with E-state index in [1.54, 1.807) is 29.2 Å². The summed E-state index contributed by atoms with van der Waals surface area (Å²) in [4.78, 5) is 45.5. The Balaban J connectivity index is 1.37. The highest BCUT2D eigenvalue weighted by Crippen LogP contribution is 2.55. The van der Waals surface area contributed by atoms with E-state index in [1.807, 2.05) is 12.2 Å². The van der Waals surface area contributed by atoms with Gasteiger partial charge in [-0.1, -0.05) is 56.4 Å². The number of nitrogens with one attached hydrogen (secondary N) is 2. The predicted molar refractivity (Wildman–Crippen MR) is 151 cm³/mol. The molecular weight excluding hydrogens is 516 g/mol. The first-order valence-corrected chi connectivity index (χ1v) is 14.9. The van der Waals surface area contributed by atoms with E-state index < -0.39 is 29.6 Å². The van der Waals surface area contributed by atoms with Crippen LogP contribution in [0.5, 0.6) is 0 Å². The molecule has 4 aliphatic rings. The number of halogens is 1. The van der Waals surface area contributed by atoms with Gasteiger partial charge in [-0.25, -0.2) is 0 Å². The highest BCUT2D eigenvalue weighted by molar-refractivity contribution is 6.30. The zero-order valence-electron chi connectivity index (χ0n) is 23.0. The third-order valence-corrected chi connectivity index (χ3v) is 9.07. The molecule has 8 nitrogen and oxygen atoms in total. The van der Waals surface area contributed by atoms with Crippen LogP contribution >= 0.6 is 11.6 Å². The van der Waals surface area contributed by atoms with Crippen LogP contribution in [0.25, 0.3) is 0 Å². The quantitative estimate of drug-likeness (QED) is 0.402. The van der Waals surface area contributed by atoms with E-state index in [9.17, 15) is 14.4 Å². The first kappa shape index (κ1) is 28.1. The SMILES string of the molecule is CCCCN(C)CCCN1C(=O)C2C(C(=O)Nc3ccc(Cl)cc3)C3C=CC2(O3)C1C(=O)NC1CCCCC1. The second kappa shape index (κ2) is 12.0. The molecule has 5 unspecified atom stereocenters. The van der Waals surface area contributed by atoms with E-state index >= 15 is 0 Å². The number of benzene rings is 1. The molecule has 3 heterocycles. The standard InChI is InChI=1S/C30H41ClN4O4/c1-3-4-17-34(2)18-8-19-35-26(28(37)33-21-9-6-5-7-10-21)30-16-15-23(39-30)24(25(30)29(35)38)27(36)32-22-13-11-20(31)12-14-22/h11-16,21,23-26H,3-10,17-19H2,1-2H3,(H,32,36)(H,33,37). The van der Waals surface area contributed by atoms with Gasteiger partial charge in [-0.3, -0.25) is 14.4 Å². The van der Waals surface area contributed by atoms with Gasteiger partial charge in [-0.05, 0) is 70.1 Å². The van der Waals surface area contributed by atoms with Gasteiger partial charge in [-0.15, -0.1) is 0 Å². The number of amides is 3. The number of rotatable bonds is 11. The molecule has 0 radical (unpaired) electrons. The molecule has 5 rings (SSSR count). The summed E-state index contributed by atoms with van der Waals surface area (Å²) in [6.07, 6.45) is 11.5. The maximum Gasteiger partial charge on any atom is 0.246 e. The lowest BCUT2D eigenvalue weighted by atomic mass is 9.74. The van der Waals surface area contributed by atoms with Crippen LogP contribution in [0, 0.1) is 11.8 Å². The molecule has 3 aliphatic heterocycles. The van der Waals surface area contributed by atoms with E-state index in [4.69, 9.17) is 16.3 Å². The Hall–Kier alpha value is -2.42. The van der Waals surface area contributed by atoms with Crippen molar-refractivity contribution in [2.75, 3.05) is 32.0 Å². The van der Waals surface area contributed by atoms with E-state index in [2.05, 4.69) is 29.5 Å². The molecule has 1 aliphatic carbocycles. The summed E-state index contributed by atoms with van der Waals surface area (Å²) in [5.74, 6) is -2.06. The molecule has 3 fully saturated rings. The Kier molecular flexibility index (Phi) is 8.64. The number of nitrogens with zero attached hydrogens (tertiary/aromatic N) is 2. The molecule has 9 heteroatoms. The number of likely N-dealkylation sites (tertiary alicyclic amines) is 1. The fourth-order valence-corrected chi connectivity index (χ4v) is 6.97. The van der Waals surface area contributed by atoms with E-state index in [0.717, 1.165) is 58.0 Å². The Morgan fingerprint density at radius 3 is 2.54 bits per heavy atom. The van der Waals surface area contributed by atoms with Crippen molar-refractivity contribution in [1.29, 1.82) is 0 Å². The molecule has 212 valence electrons. The van der Waals surface area contributed by atoms with Gasteiger partial charge in [-0.2, -0.15) is 0 Å². The van der Waals surface area contributed by atoms with E-state index in [0.29, 0.717) is 17.3 Å². The number of carbonyl (C=O) groups excluding carboxylic acids is 3. The molecule has 1 aromatic carbocycles. The van der Waals surface area contributed by atoms with Gasteiger partial charge in [0.1, 0.15) is 11.6 Å². The Morgan fingerprint density at radius 2 is 1.82 bits per heavy atom. The Bertz CT molecular complexity index is 1090. The molecule has 2 saturated heterocycles. The minimum Gasteiger partial charge on any atom is -0.359 e. The minimum absolute atomic E-state index is 0.116. The van der Waals surface area contributed by atoms with Gasteiger partial charge >= 0.3 is 0 Å². The normalized spacial score (nSPS) is 29.7. The fourth-order valence-electron chi connectivity index (χ4n) is 6.84. The van der Waals surface area contributed by atoms with Crippen molar-refractivity contribution in [3.63, 3.8) is 0 Å². The molecule has 1 saturated carbocycles. The monoisotopic (exact) mass is 556 g/mol. The summed E-state index contributed by atoms with van der Waals surface area (Å²) in [5, 5.41) is 6.76. The first-order valence-electron chi connectivity index (χ1n) is 14.6. The van der Waals surface area contributed by atoms with Crippen LogP contribution in [0.4, 0.5) is 5.69 Å². The van der Waals surface area contributed by atoms with Crippen LogP contribution in [0.3, 0.4) is 0 Å². The summed E-state index contributed by atoms with van der Waals surface area (Å²) in [5.41, 5.74) is -0.523. The number of hydrogen-bond acceptors (Lipinski definition) is 5. The van der Waals surface area contributed by atoms with Crippen LogP contribution < -0.4 is 10.6 Å². The largest absolute Gasteiger partial charge is 0.359 e. The van der Waals surface area contributed by atoms with E-state index in [1.165, 1.54) is 6.42 Å². The number of hydrogen-bond donors (Lipinski definition) is 2. The number of anilines is 1. The summed E-state index contributed by atoms with van der Waals surface area (Å²) in [7, 11) is 2.09. The van der Waals surface area contributed by atoms with Crippen molar-refractivity contribution >= 4 is 35.0 Å². The van der Waals surface area contributed by atoms with Crippen molar-refractivity contribution in [3.05, 3.63) is 41.4 Å².